The van der Waals surface area contributed by atoms with Gasteiger partial charge in [0, 0.05) is 36.4 Å². The van der Waals surface area contributed by atoms with Crippen LogP contribution in [0.4, 0.5) is 0 Å². The molecule has 1 aromatic carbocycles. The van der Waals surface area contributed by atoms with E-state index in [1.54, 1.807) is 12.4 Å². The van der Waals surface area contributed by atoms with Crippen LogP contribution >= 0.6 is 0 Å². The molecular weight excluding hydrogens is 244 g/mol. The molecule has 0 atom stereocenters. The van der Waals surface area contributed by atoms with Gasteiger partial charge in [0.05, 0.1) is 11.4 Å². The maximum atomic E-state index is 4.16. The summed E-state index contributed by atoms with van der Waals surface area (Å²) in [4.78, 5) is 8.33. The van der Waals surface area contributed by atoms with Gasteiger partial charge in [-0.3, -0.25) is 9.98 Å². The van der Waals surface area contributed by atoms with Gasteiger partial charge in [-0.05, 0) is 36.1 Å². The largest absolute Gasteiger partial charge is 0.252 e. The zero-order valence-corrected chi connectivity index (χ0v) is 10.9. The summed E-state index contributed by atoms with van der Waals surface area (Å²) in [5.41, 5.74) is 3.79. The Kier molecular flexibility index (Phi) is 3.58. The zero-order chi connectivity index (χ0) is 13.6. The van der Waals surface area contributed by atoms with Crippen molar-refractivity contribution < 1.29 is 0 Å². The van der Waals surface area contributed by atoms with Crippen molar-refractivity contribution in [3.8, 4) is 23.7 Å². The van der Waals surface area contributed by atoms with Gasteiger partial charge in [-0.1, -0.05) is 24.0 Å². The van der Waals surface area contributed by atoms with E-state index in [4.69, 9.17) is 0 Å². The van der Waals surface area contributed by atoms with Crippen LogP contribution in [0, 0.1) is 23.7 Å². The van der Waals surface area contributed by atoms with Crippen LogP contribution in [0.3, 0.4) is 0 Å². The van der Waals surface area contributed by atoms with E-state index < -0.39 is 0 Å². The van der Waals surface area contributed by atoms with E-state index in [1.165, 1.54) is 0 Å². The van der Waals surface area contributed by atoms with Crippen molar-refractivity contribution >= 4 is 11.4 Å². The first-order valence-corrected chi connectivity index (χ1v) is 6.48. The third-order valence-electron chi connectivity index (χ3n) is 2.88. The maximum absolute atomic E-state index is 4.16. The number of allylic oxidation sites excluding steroid dienone is 2. The van der Waals surface area contributed by atoms with Crippen LogP contribution in [0.25, 0.3) is 0 Å². The van der Waals surface area contributed by atoms with Crippen molar-refractivity contribution in [1.29, 1.82) is 0 Å². The fourth-order valence-electron chi connectivity index (χ4n) is 1.81. The van der Waals surface area contributed by atoms with E-state index in [-0.39, 0.29) is 0 Å². The van der Waals surface area contributed by atoms with Crippen LogP contribution in [0.2, 0.25) is 0 Å². The lowest BCUT2D eigenvalue weighted by Crippen LogP contribution is -1.87. The lowest BCUT2D eigenvalue weighted by atomic mass is 10.1. The van der Waals surface area contributed by atoms with Crippen molar-refractivity contribution in [3.63, 3.8) is 0 Å². The van der Waals surface area contributed by atoms with Crippen molar-refractivity contribution in [2.24, 2.45) is 9.98 Å². The molecule has 2 aliphatic heterocycles. The van der Waals surface area contributed by atoms with Crippen LogP contribution in [0.5, 0.6) is 0 Å². The van der Waals surface area contributed by atoms with Gasteiger partial charge in [-0.15, -0.1) is 0 Å². The summed E-state index contributed by atoms with van der Waals surface area (Å²) in [6.45, 7) is 0. The molecule has 0 saturated carbocycles. The SMILES string of the molecule is C(#Cc1ccc(C#CC2=NC=CC2)cc1)C1=NC=CC1. The third kappa shape index (κ3) is 3.13. The average molecular weight is 256 g/mol. The Morgan fingerprint density at radius 3 is 1.45 bits per heavy atom. The molecule has 0 bridgehead atoms. The Balaban J connectivity index is 1.68. The smallest absolute Gasteiger partial charge is 0.0940 e. The summed E-state index contributed by atoms with van der Waals surface area (Å²) >= 11 is 0. The molecular formula is C18H12N2. The molecule has 0 N–H and O–H groups in total. The number of aliphatic imine (C=N–C) groups is 2. The van der Waals surface area contributed by atoms with Crippen molar-refractivity contribution in [2.45, 2.75) is 12.8 Å². The molecule has 0 amide bonds. The predicted octanol–water partition coefficient (Wildman–Crippen LogP) is 3.11. The quantitative estimate of drug-likeness (QED) is 0.637. The molecule has 0 unspecified atom stereocenters. The van der Waals surface area contributed by atoms with Gasteiger partial charge in [0.25, 0.3) is 0 Å². The van der Waals surface area contributed by atoms with Crippen molar-refractivity contribution in [1.82, 2.24) is 0 Å². The molecule has 0 aliphatic carbocycles. The highest BCUT2D eigenvalue weighted by Crippen LogP contribution is 2.04. The number of rotatable bonds is 0. The van der Waals surface area contributed by atoms with E-state index in [1.807, 2.05) is 36.4 Å². The van der Waals surface area contributed by atoms with Gasteiger partial charge in [-0.2, -0.15) is 0 Å². The minimum absolute atomic E-state index is 0.840. The standard InChI is InChI=1S/C18H12N2/c1-3-17(19-13-1)11-9-15-5-7-16(8-6-15)10-12-18-4-2-14-20-18/h1-2,5-8,13-14H,3-4H2. The van der Waals surface area contributed by atoms with Crippen molar-refractivity contribution in [2.75, 3.05) is 0 Å². The molecule has 2 nitrogen and oxygen atoms in total. The van der Waals surface area contributed by atoms with Gasteiger partial charge < -0.3 is 0 Å². The Morgan fingerprint density at radius 2 is 1.10 bits per heavy atom. The highest BCUT2D eigenvalue weighted by molar-refractivity contribution is 6.03. The molecule has 3 rings (SSSR count). The first kappa shape index (κ1) is 12.2. The minimum atomic E-state index is 0.840. The van der Waals surface area contributed by atoms with E-state index >= 15 is 0 Å². The van der Waals surface area contributed by atoms with Crippen LogP contribution in [-0.2, 0) is 0 Å². The number of benzene rings is 1. The normalized spacial score (nSPS) is 15.0. The molecule has 20 heavy (non-hydrogen) atoms. The number of nitrogens with zero attached hydrogens (tertiary/aromatic N) is 2. The summed E-state index contributed by atoms with van der Waals surface area (Å²) in [7, 11) is 0. The molecule has 0 fully saturated rings. The molecule has 0 radical (unpaired) electrons. The Bertz CT molecular complexity index is 685. The molecule has 0 saturated heterocycles. The van der Waals surface area contributed by atoms with E-state index in [9.17, 15) is 0 Å². The fraction of sp³-hybridized carbons (Fsp3) is 0.111. The van der Waals surface area contributed by atoms with Crippen molar-refractivity contribution in [3.05, 3.63) is 59.9 Å². The minimum Gasteiger partial charge on any atom is -0.252 e. The molecule has 2 heteroatoms. The van der Waals surface area contributed by atoms with Gasteiger partial charge in [0.1, 0.15) is 0 Å². The molecule has 1 aromatic rings. The van der Waals surface area contributed by atoms with Gasteiger partial charge in [0.2, 0.25) is 0 Å². The number of hydrogen-bond acceptors (Lipinski definition) is 2. The zero-order valence-electron chi connectivity index (χ0n) is 10.9. The molecule has 2 heterocycles. The monoisotopic (exact) mass is 256 g/mol. The third-order valence-corrected chi connectivity index (χ3v) is 2.88. The Morgan fingerprint density at radius 1 is 0.650 bits per heavy atom. The Hall–Kier alpha value is -2.84. The van der Waals surface area contributed by atoms with E-state index in [2.05, 4.69) is 33.7 Å². The molecule has 94 valence electrons. The topological polar surface area (TPSA) is 24.7 Å². The van der Waals surface area contributed by atoms with Crippen LogP contribution in [0.15, 0.2) is 58.8 Å². The van der Waals surface area contributed by atoms with Gasteiger partial charge in [-0.25, -0.2) is 0 Å². The first-order chi connectivity index (χ1) is 9.90. The van der Waals surface area contributed by atoms with Crippen LogP contribution in [0.1, 0.15) is 24.0 Å². The average Bonchev–Trinajstić information content (AvgIpc) is 3.17. The van der Waals surface area contributed by atoms with E-state index in [0.29, 0.717) is 0 Å². The maximum Gasteiger partial charge on any atom is 0.0940 e. The highest BCUT2D eigenvalue weighted by atomic mass is 14.7. The van der Waals surface area contributed by atoms with Crippen LogP contribution < -0.4 is 0 Å². The summed E-state index contributed by atoms with van der Waals surface area (Å²) in [6, 6.07) is 7.92. The first-order valence-electron chi connectivity index (χ1n) is 6.48. The molecule has 0 aromatic heterocycles. The lowest BCUT2D eigenvalue weighted by molar-refractivity contribution is 1.56. The second-order valence-corrected chi connectivity index (χ2v) is 4.41. The summed E-state index contributed by atoms with van der Waals surface area (Å²) in [6.07, 6.45) is 9.28. The molecule has 2 aliphatic rings. The fourth-order valence-corrected chi connectivity index (χ4v) is 1.81. The predicted molar refractivity (Wildman–Crippen MR) is 82.6 cm³/mol. The van der Waals surface area contributed by atoms with E-state index in [0.717, 1.165) is 35.4 Å². The number of hydrogen-bond donors (Lipinski definition) is 0. The second-order valence-electron chi connectivity index (χ2n) is 4.41. The Labute approximate surface area is 118 Å². The highest BCUT2D eigenvalue weighted by Gasteiger charge is 1.96. The second kappa shape index (κ2) is 5.87. The van der Waals surface area contributed by atoms with Gasteiger partial charge >= 0.3 is 0 Å². The lowest BCUT2D eigenvalue weighted by Gasteiger charge is -1.92. The summed E-state index contributed by atoms with van der Waals surface area (Å²) < 4.78 is 0. The van der Waals surface area contributed by atoms with Crippen LogP contribution in [-0.4, -0.2) is 11.4 Å². The van der Waals surface area contributed by atoms with Gasteiger partial charge in [0.15, 0.2) is 0 Å². The molecule has 0 spiro atoms. The summed E-state index contributed by atoms with van der Waals surface area (Å²) in [5.74, 6) is 12.4. The summed E-state index contributed by atoms with van der Waals surface area (Å²) in [5, 5.41) is 0.